The topological polar surface area (TPSA) is 12.0 Å². The molecular formula is C15H33N. The van der Waals surface area contributed by atoms with Gasteiger partial charge in [0.15, 0.2) is 0 Å². The Labute approximate surface area is 103 Å². The van der Waals surface area contributed by atoms with Gasteiger partial charge >= 0.3 is 0 Å². The lowest BCUT2D eigenvalue weighted by Gasteiger charge is -2.14. The zero-order valence-electron chi connectivity index (χ0n) is 12.0. The maximum atomic E-state index is 3.63. The third-order valence-electron chi connectivity index (χ3n) is 3.20. The summed E-state index contributed by atoms with van der Waals surface area (Å²) >= 11 is 0. The molecule has 0 saturated heterocycles. The van der Waals surface area contributed by atoms with Crippen molar-refractivity contribution in [3.63, 3.8) is 0 Å². The van der Waals surface area contributed by atoms with Crippen LogP contribution in [0.1, 0.15) is 79.1 Å². The highest BCUT2D eigenvalue weighted by Crippen LogP contribution is 2.07. The number of hydrogen-bond donors (Lipinski definition) is 1. The van der Waals surface area contributed by atoms with E-state index in [0.29, 0.717) is 6.04 Å². The van der Waals surface area contributed by atoms with Crippen LogP contribution in [0, 0.1) is 5.92 Å². The lowest BCUT2D eigenvalue weighted by atomic mass is 10.0. The van der Waals surface area contributed by atoms with E-state index in [4.69, 9.17) is 0 Å². The van der Waals surface area contributed by atoms with Crippen LogP contribution in [0.4, 0.5) is 0 Å². The van der Waals surface area contributed by atoms with Crippen LogP contribution in [0.2, 0.25) is 0 Å². The van der Waals surface area contributed by atoms with Crippen molar-refractivity contribution in [2.24, 2.45) is 5.92 Å². The van der Waals surface area contributed by atoms with Gasteiger partial charge in [0.2, 0.25) is 0 Å². The van der Waals surface area contributed by atoms with Gasteiger partial charge in [-0.05, 0) is 38.6 Å². The van der Waals surface area contributed by atoms with Gasteiger partial charge in [-0.3, -0.25) is 0 Å². The van der Waals surface area contributed by atoms with E-state index in [1.807, 2.05) is 0 Å². The lowest BCUT2D eigenvalue weighted by Crippen LogP contribution is -2.27. The molecule has 1 N–H and O–H groups in total. The monoisotopic (exact) mass is 227 g/mol. The van der Waals surface area contributed by atoms with Gasteiger partial charge in [-0.2, -0.15) is 0 Å². The van der Waals surface area contributed by atoms with E-state index in [0.717, 1.165) is 5.92 Å². The molecule has 0 rings (SSSR count). The molecule has 1 heteroatoms. The second kappa shape index (κ2) is 11.4. The zero-order chi connectivity index (χ0) is 12.2. The molecule has 98 valence electrons. The first kappa shape index (κ1) is 16.0. The van der Waals surface area contributed by atoms with E-state index in [9.17, 15) is 0 Å². The third kappa shape index (κ3) is 12.0. The van der Waals surface area contributed by atoms with E-state index in [1.54, 1.807) is 0 Å². The molecule has 1 nitrogen and oxygen atoms in total. The molecule has 0 heterocycles. The first-order chi connectivity index (χ1) is 7.66. The van der Waals surface area contributed by atoms with E-state index in [1.165, 1.54) is 57.9 Å². The minimum absolute atomic E-state index is 0.707. The Hall–Kier alpha value is -0.0400. The molecule has 1 atom stereocenters. The molecule has 0 aromatic carbocycles. The summed E-state index contributed by atoms with van der Waals surface area (Å²) in [7, 11) is 0. The standard InChI is InChI=1S/C15H33N/c1-5-6-7-8-9-10-13-16-15(4)12-11-14(2)3/h14-16H,5-13H2,1-4H3. The van der Waals surface area contributed by atoms with Crippen molar-refractivity contribution in [2.75, 3.05) is 6.54 Å². The normalized spacial score (nSPS) is 13.3. The Morgan fingerprint density at radius 2 is 1.44 bits per heavy atom. The van der Waals surface area contributed by atoms with Crippen molar-refractivity contribution < 1.29 is 0 Å². The molecule has 0 saturated carbocycles. The average Bonchev–Trinajstić information content (AvgIpc) is 2.25. The van der Waals surface area contributed by atoms with Crippen LogP contribution in [0.25, 0.3) is 0 Å². The van der Waals surface area contributed by atoms with E-state index in [2.05, 4.69) is 33.0 Å². The molecule has 0 aliphatic heterocycles. The fraction of sp³-hybridized carbons (Fsp3) is 1.00. The minimum Gasteiger partial charge on any atom is -0.314 e. The van der Waals surface area contributed by atoms with Crippen LogP contribution in [-0.4, -0.2) is 12.6 Å². The predicted molar refractivity (Wildman–Crippen MR) is 74.9 cm³/mol. The fourth-order valence-electron chi connectivity index (χ4n) is 1.94. The zero-order valence-corrected chi connectivity index (χ0v) is 12.0. The summed E-state index contributed by atoms with van der Waals surface area (Å²) in [5.74, 6) is 0.846. The summed E-state index contributed by atoms with van der Waals surface area (Å²) < 4.78 is 0. The van der Waals surface area contributed by atoms with Crippen molar-refractivity contribution in [1.29, 1.82) is 0 Å². The lowest BCUT2D eigenvalue weighted by molar-refractivity contribution is 0.443. The van der Waals surface area contributed by atoms with Crippen LogP contribution in [0.15, 0.2) is 0 Å². The van der Waals surface area contributed by atoms with Gasteiger partial charge in [-0.25, -0.2) is 0 Å². The predicted octanol–water partition coefficient (Wildman–Crippen LogP) is 4.76. The first-order valence-corrected chi connectivity index (χ1v) is 7.40. The molecule has 0 radical (unpaired) electrons. The van der Waals surface area contributed by atoms with Gasteiger partial charge in [0.25, 0.3) is 0 Å². The van der Waals surface area contributed by atoms with Crippen LogP contribution in [0.5, 0.6) is 0 Å². The van der Waals surface area contributed by atoms with Crippen LogP contribution < -0.4 is 5.32 Å². The number of hydrogen-bond acceptors (Lipinski definition) is 1. The molecule has 0 amide bonds. The van der Waals surface area contributed by atoms with Gasteiger partial charge in [-0.15, -0.1) is 0 Å². The minimum atomic E-state index is 0.707. The number of rotatable bonds is 11. The highest BCUT2D eigenvalue weighted by molar-refractivity contribution is 4.61. The smallest absolute Gasteiger partial charge is 0.00388 e. The van der Waals surface area contributed by atoms with Crippen LogP contribution in [0.3, 0.4) is 0 Å². The van der Waals surface area contributed by atoms with Gasteiger partial charge < -0.3 is 5.32 Å². The van der Waals surface area contributed by atoms with Crippen LogP contribution in [-0.2, 0) is 0 Å². The van der Waals surface area contributed by atoms with Gasteiger partial charge in [0.05, 0.1) is 0 Å². The molecule has 0 aromatic rings. The Bertz CT molecular complexity index is 131. The fourth-order valence-corrected chi connectivity index (χ4v) is 1.94. The van der Waals surface area contributed by atoms with Gasteiger partial charge in [-0.1, -0.05) is 52.9 Å². The largest absolute Gasteiger partial charge is 0.314 e. The van der Waals surface area contributed by atoms with Crippen LogP contribution >= 0.6 is 0 Å². The van der Waals surface area contributed by atoms with Crippen molar-refractivity contribution in [3.05, 3.63) is 0 Å². The Kier molecular flexibility index (Phi) is 11.4. The van der Waals surface area contributed by atoms with Gasteiger partial charge in [0.1, 0.15) is 0 Å². The maximum absolute atomic E-state index is 3.63. The van der Waals surface area contributed by atoms with E-state index < -0.39 is 0 Å². The second-order valence-electron chi connectivity index (χ2n) is 5.59. The summed E-state index contributed by atoms with van der Waals surface area (Å²) in [5, 5.41) is 3.63. The molecule has 0 spiro atoms. The van der Waals surface area contributed by atoms with Crippen molar-refractivity contribution in [2.45, 2.75) is 85.1 Å². The summed E-state index contributed by atoms with van der Waals surface area (Å²) in [5.41, 5.74) is 0. The number of unbranched alkanes of at least 4 members (excludes halogenated alkanes) is 5. The molecule has 1 unspecified atom stereocenters. The summed E-state index contributed by atoms with van der Waals surface area (Å²) in [4.78, 5) is 0. The van der Waals surface area contributed by atoms with Crippen molar-refractivity contribution >= 4 is 0 Å². The Balaban J connectivity index is 3.12. The summed E-state index contributed by atoms with van der Waals surface area (Å²) in [6.45, 7) is 10.4. The molecule has 16 heavy (non-hydrogen) atoms. The molecule has 0 aliphatic rings. The van der Waals surface area contributed by atoms with Gasteiger partial charge in [0, 0.05) is 6.04 Å². The average molecular weight is 227 g/mol. The summed E-state index contributed by atoms with van der Waals surface area (Å²) in [6, 6.07) is 0.707. The quantitative estimate of drug-likeness (QED) is 0.502. The first-order valence-electron chi connectivity index (χ1n) is 7.40. The summed E-state index contributed by atoms with van der Waals surface area (Å²) in [6.07, 6.45) is 11.1. The Morgan fingerprint density at radius 3 is 2.06 bits per heavy atom. The van der Waals surface area contributed by atoms with E-state index in [-0.39, 0.29) is 0 Å². The van der Waals surface area contributed by atoms with Crippen molar-refractivity contribution in [3.8, 4) is 0 Å². The Morgan fingerprint density at radius 1 is 0.812 bits per heavy atom. The second-order valence-corrected chi connectivity index (χ2v) is 5.59. The molecule has 0 aromatic heterocycles. The number of nitrogens with one attached hydrogen (secondary N) is 1. The molecule has 0 aliphatic carbocycles. The third-order valence-corrected chi connectivity index (χ3v) is 3.20. The highest BCUT2D eigenvalue weighted by Gasteiger charge is 2.02. The van der Waals surface area contributed by atoms with Crippen molar-refractivity contribution in [1.82, 2.24) is 5.32 Å². The molecule has 0 fully saturated rings. The molecular weight excluding hydrogens is 194 g/mol. The SMILES string of the molecule is CCCCCCCCNC(C)CCC(C)C. The maximum Gasteiger partial charge on any atom is 0.00388 e. The van der Waals surface area contributed by atoms with E-state index >= 15 is 0 Å². The molecule has 0 bridgehead atoms. The highest BCUT2D eigenvalue weighted by atomic mass is 14.9.